The highest BCUT2D eigenvalue weighted by molar-refractivity contribution is 9.10. The Morgan fingerprint density at radius 3 is 2.67 bits per heavy atom. The van der Waals surface area contributed by atoms with Gasteiger partial charge >= 0.3 is 0 Å². The van der Waals surface area contributed by atoms with Crippen molar-refractivity contribution in [2.24, 2.45) is 0 Å². The topological polar surface area (TPSA) is 69.4 Å². The molecule has 0 aliphatic heterocycles. The third-order valence-corrected chi connectivity index (χ3v) is 3.43. The number of nitro benzene ring substituents is 1. The fraction of sp³-hybridized carbons (Fsp3) is 0.0714. The summed E-state index contributed by atoms with van der Waals surface area (Å²) in [6, 6.07) is 10.9. The Morgan fingerprint density at radius 2 is 2.05 bits per heavy atom. The first-order chi connectivity index (χ1) is 9.97. The van der Waals surface area contributed by atoms with Gasteiger partial charge in [-0.25, -0.2) is 0 Å². The number of carbonyl (C=O) groups excluding carboxylic acids is 1. The fourth-order valence-electron chi connectivity index (χ4n) is 1.62. The molecule has 108 valence electrons. The number of halogens is 2. The zero-order chi connectivity index (χ0) is 15.4. The number of Topliss-reactive ketones (excluding diaryl/α,β-unsaturated/α-hetero) is 1. The van der Waals surface area contributed by atoms with Crippen molar-refractivity contribution in [2.45, 2.75) is 0 Å². The number of carbonyl (C=O) groups is 1. The summed E-state index contributed by atoms with van der Waals surface area (Å²) in [7, 11) is 0. The first kappa shape index (κ1) is 15.5. The molecule has 0 saturated carbocycles. The van der Waals surface area contributed by atoms with Crippen molar-refractivity contribution in [1.82, 2.24) is 0 Å². The van der Waals surface area contributed by atoms with Gasteiger partial charge in [-0.3, -0.25) is 14.9 Å². The minimum atomic E-state index is -0.585. The van der Waals surface area contributed by atoms with E-state index in [4.69, 9.17) is 16.3 Å². The van der Waals surface area contributed by atoms with Crippen LogP contribution < -0.4 is 4.74 Å². The van der Waals surface area contributed by atoms with E-state index in [1.807, 2.05) is 6.07 Å². The van der Waals surface area contributed by atoms with Gasteiger partial charge in [0.25, 0.3) is 5.69 Å². The summed E-state index contributed by atoms with van der Waals surface area (Å²) in [5.41, 5.74) is 0.305. The van der Waals surface area contributed by atoms with Gasteiger partial charge in [-0.2, -0.15) is 0 Å². The number of hydrogen-bond acceptors (Lipinski definition) is 4. The third-order valence-electron chi connectivity index (χ3n) is 2.63. The average Bonchev–Trinajstić information content (AvgIpc) is 2.44. The number of nitro groups is 1. The normalized spacial score (nSPS) is 10.2. The Balaban J connectivity index is 2.05. The van der Waals surface area contributed by atoms with Crippen LogP contribution in [0.25, 0.3) is 0 Å². The molecule has 0 amide bonds. The van der Waals surface area contributed by atoms with Crippen molar-refractivity contribution in [3.05, 3.63) is 67.6 Å². The van der Waals surface area contributed by atoms with E-state index in [9.17, 15) is 14.9 Å². The second-order valence-corrected chi connectivity index (χ2v) is 5.42. The number of rotatable bonds is 5. The first-order valence-electron chi connectivity index (χ1n) is 5.83. The van der Waals surface area contributed by atoms with Crippen LogP contribution in [0, 0.1) is 10.1 Å². The van der Waals surface area contributed by atoms with Crippen molar-refractivity contribution in [1.29, 1.82) is 0 Å². The smallest absolute Gasteiger partial charge is 0.288 e. The quantitative estimate of drug-likeness (QED) is 0.448. The van der Waals surface area contributed by atoms with Crippen LogP contribution in [0.2, 0.25) is 5.02 Å². The van der Waals surface area contributed by atoms with Crippen LogP contribution in [0.15, 0.2) is 46.9 Å². The van der Waals surface area contributed by atoms with Crippen molar-refractivity contribution in [3.8, 4) is 5.75 Å². The maximum Gasteiger partial charge on any atom is 0.288 e. The predicted molar refractivity (Wildman–Crippen MR) is 82.1 cm³/mol. The number of nitrogens with zero attached hydrogens (tertiary/aromatic N) is 1. The van der Waals surface area contributed by atoms with Crippen molar-refractivity contribution >= 4 is 39.0 Å². The third kappa shape index (κ3) is 4.03. The standard InChI is InChI=1S/C14H9BrClNO4/c15-10-3-1-2-9(6-10)14(18)8-21-11-4-5-13(17(19)20)12(16)7-11/h1-7H,8H2. The molecule has 0 radical (unpaired) electrons. The zero-order valence-corrected chi connectivity index (χ0v) is 12.9. The van der Waals surface area contributed by atoms with E-state index >= 15 is 0 Å². The van der Waals surface area contributed by atoms with Crippen LogP contribution >= 0.6 is 27.5 Å². The minimum absolute atomic E-state index is 0.0348. The van der Waals surface area contributed by atoms with Crippen LogP contribution in [0.4, 0.5) is 5.69 Å². The maximum absolute atomic E-state index is 11.9. The Morgan fingerprint density at radius 1 is 1.29 bits per heavy atom. The molecule has 0 spiro atoms. The summed E-state index contributed by atoms with van der Waals surface area (Å²) in [5.74, 6) is 0.0970. The number of benzene rings is 2. The molecule has 0 unspecified atom stereocenters. The van der Waals surface area contributed by atoms with Crippen LogP contribution in [0.3, 0.4) is 0 Å². The van der Waals surface area contributed by atoms with Gasteiger partial charge in [-0.05, 0) is 18.2 Å². The van der Waals surface area contributed by atoms with Gasteiger partial charge in [0.1, 0.15) is 10.8 Å². The largest absolute Gasteiger partial charge is 0.485 e. The number of ketones is 1. The van der Waals surface area contributed by atoms with Crippen molar-refractivity contribution < 1.29 is 14.5 Å². The molecule has 2 aromatic rings. The van der Waals surface area contributed by atoms with E-state index in [1.54, 1.807) is 18.2 Å². The molecule has 2 rings (SSSR count). The molecular weight excluding hydrogens is 362 g/mol. The highest BCUT2D eigenvalue weighted by Crippen LogP contribution is 2.28. The molecular formula is C14H9BrClNO4. The predicted octanol–water partition coefficient (Wildman–Crippen LogP) is 4.27. The van der Waals surface area contributed by atoms with E-state index in [0.29, 0.717) is 11.3 Å². The van der Waals surface area contributed by atoms with Crippen LogP contribution in [-0.2, 0) is 0 Å². The van der Waals surface area contributed by atoms with Gasteiger partial charge in [0.15, 0.2) is 12.4 Å². The van der Waals surface area contributed by atoms with Gasteiger partial charge in [-0.15, -0.1) is 0 Å². The lowest BCUT2D eigenvalue weighted by molar-refractivity contribution is -0.384. The molecule has 7 heteroatoms. The first-order valence-corrected chi connectivity index (χ1v) is 7.00. The molecule has 0 saturated heterocycles. The highest BCUT2D eigenvalue weighted by atomic mass is 79.9. The molecule has 0 aliphatic rings. The molecule has 0 atom stereocenters. The SMILES string of the molecule is O=C(COc1ccc([N+](=O)[O-])c(Cl)c1)c1cccc(Br)c1. The Bertz CT molecular complexity index is 705. The lowest BCUT2D eigenvalue weighted by Crippen LogP contribution is -2.11. The summed E-state index contributed by atoms with van der Waals surface area (Å²) < 4.78 is 6.10. The van der Waals surface area contributed by atoms with Gasteiger partial charge in [-0.1, -0.05) is 39.7 Å². The molecule has 0 aromatic heterocycles. The van der Waals surface area contributed by atoms with Crippen LogP contribution in [0.5, 0.6) is 5.75 Å². The average molecular weight is 371 g/mol. The summed E-state index contributed by atoms with van der Waals surface area (Å²) in [6.07, 6.45) is 0. The Hall–Kier alpha value is -1.92. The summed E-state index contributed by atoms with van der Waals surface area (Å²) in [5, 5.41) is 10.6. The molecule has 21 heavy (non-hydrogen) atoms. The molecule has 0 bridgehead atoms. The van der Waals surface area contributed by atoms with Crippen LogP contribution in [-0.4, -0.2) is 17.3 Å². The monoisotopic (exact) mass is 369 g/mol. The van der Waals surface area contributed by atoms with E-state index in [1.165, 1.54) is 18.2 Å². The fourth-order valence-corrected chi connectivity index (χ4v) is 2.26. The summed E-state index contributed by atoms with van der Waals surface area (Å²) in [6.45, 7) is -0.176. The Labute approximate surface area is 133 Å². The summed E-state index contributed by atoms with van der Waals surface area (Å²) in [4.78, 5) is 22.0. The highest BCUT2D eigenvalue weighted by Gasteiger charge is 2.13. The minimum Gasteiger partial charge on any atom is -0.485 e. The van der Waals surface area contributed by atoms with Gasteiger partial charge in [0.2, 0.25) is 0 Å². The lowest BCUT2D eigenvalue weighted by atomic mass is 10.1. The molecule has 0 heterocycles. The molecule has 5 nitrogen and oxygen atoms in total. The number of hydrogen-bond donors (Lipinski definition) is 0. The van der Waals surface area contributed by atoms with E-state index < -0.39 is 4.92 Å². The van der Waals surface area contributed by atoms with E-state index in [0.717, 1.165) is 4.47 Å². The Kier molecular flexibility index (Phi) is 4.93. The second-order valence-electron chi connectivity index (χ2n) is 4.09. The summed E-state index contributed by atoms with van der Waals surface area (Å²) >= 11 is 9.05. The van der Waals surface area contributed by atoms with Crippen molar-refractivity contribution in [2.75, 3.05) is 6.61 Å². The molecule has 2 aromatic carbocycles. The molecule has 0 fully saturated rings. The zero-order valence-electron chi connectivity index (χ0n) is 10.6. The van der Waals surface area contributed by atoms with Gasteiger partial charge in [0, 0.05) is 22.2 Å². The van der Waals surface area contributed by atoms with Gasteiger partial charge in [0.05, 0.1) is 4.92 Å². The number of ether oxygens (including phenoxy) is 1. The maximum atomic E-state index is 11.9. The van der Waals surface area contributed by atoms with Gasteiger partial charge < -0.3 is 4.74 Å². The lowest BCUT2D eigenvalue weighted by Gasteiger charge is -2.06. The van der Waals surface area contributed by atoms with Crippen molar-refractivity contribution in [3.63, 3.8) is 0 Å². The molecule has 0 N–H and O–H groups in total. The second kappa shape index (κ2) is 6.69. The van der Waals surface area contributed by atoms with E-state index in [2.05, 4.69) is 15.9 Å². The molecule has 0 aliphatic carbocycles. The van der Waals surface area contributed by atoms with E-state index in [-0.39, 0.29) is 23.1 Å². The van der Waals surface area contributed by atoms with Crippen LogP contribution in [0.1, 0.15) is 10.4 Å².